The molecule has 1 amide bonds. The summed E-state index contributed by atoms with van der Waals surface area (Å²) in [5.41, 5.74) is 0.614. The van der Waals surface area contributed by atoms with Crippen molar-refractivity contribution in [3.8, 4) is 5.75 Å². The van der Waals surface area contributed by atoms with Gasteiger partial charge < -0.3 is 10.1 Å². The summed E-state index contributed by atoms with van der Waals surface area (Å²) >= 11 is 1.69. The number of amides is 1. The number of carbonyl (C=O) groups is 1. The highest BCUT2D eigenvalue weighted by Crippen LogP contribution is 2.15. The Morgan fingerprint density at radius 3 is 2.83 bits per heavy atom. The van der Waals surface area contributed by atoms with Crippen molar-refractivity contribution in [1.82, 2.24) is 5.32 Å². The summed E-state index contributed by atoms with van der Waals surface area (Å²) in [4.78, 5) is 14.3. The molecule has 0 spiro atoms. The standard InChI is InChI=1S/C14H15NO2S/c1-10-6-7-13(18-10)9-15-14(16)11-4-3-5-12(8-11)17-2/h3-8H,9H2,1-2H3,(H,15,16). The fourth-order valence-corrected chi connectivity index (χ4v) is 2.44. The van der Waals surface area contributed by atoms with E-state index in [0.717, 1.165) is 4.88 Å². The first-order valence-corrected chi connectivity index (χ1v) is 6.48. The predicted molar refractivity (Wildman–Crippen MR) is 73.2 cm³/mol. The van der Waals surface area contributed by atoms with Crippen molar-refractivity contribution in [2.75, 3.05) is 7.11 Å². The third kappa shape index (κ3) is 3.11. The topological polar surface area (TPSA) is 38.3 Å². The van der Waals surface area contributed by atoms with E-state index in [1.807, 2.05) is 18.2 Å². The van der Waals surface area contributed by atoms with Crippen molar-refractivity contribution >= 4 is 17.2 Å². The van der Waals surface area contributed by atoms with Crippen LogP contribution in [0.5, 0.6) is 5.75 Å². The minimum atomic E-state index is -0.0834. The van der Waals surface area contributed by atoms with Gasteiger partial charge in [0.25, 0.3) is 5.91 Å². The maximum absolute atomic E-state index is 11.9. The number of hydrogen-bond donors (Lipinski definition) is 1. The van der Waals surface area contributed by atoms with Crippen LogP contribution in [0.4, 0.5) is 0 Å². The quantitative estimate of drug-likeness (QED) is 0.918. The van der Waals surface area contributed by atoms with E-state index in [0.29, 0.717) is 17.9 Å². The Labute approximate surface area is 110 Å². The van der Waals surface area contributed by atoms with Crippen LogP contribution in [0.15, 0.2) is 36.4 Å². The Morgan fingerprint density at radius 2 is 2.17 bits per heavy atom. The Kier molecular flexibility index (Phi) is 3.99. The molecule has 0 bridgehead atoms. The lowest BCUT2D eigenvalue weighted by Gasteiger charge is -2.05. The lowest BCUT2D eigenvalue weighted by molar-refractivity contribution is 0.0951. The van der Waals surface area contributed by atoms with Crippen LogP contribution in [-0.4, -0.2) is 13.0 Å². The number of aryl methyl sites for hydroxylation is 1. The summed E-state index contributed by atoms with van der Waals surface area (Å²) in [7, 11) is 1.59. The molecule has 0 atom stereocenters. The highest BCUT2D eigenvalue weighted by atomic mass is 32.1. The molecule has 1 N–H and O–H groups in total. The Bertz CT molecular complexity index is 548. The smallest absolute Gasteiger partial charge is 0.251 e. The number of ether oxygens (including phenoxy) is 1. The van der Waals surface area contributed by atoms with E-state index in [9.17, 15) is 4.79 Å². The third-order valence-corrected chi connectivity index (χ3v) is 3.55. The molecule has 0 unspecified atom stereocenters. The van der Waals surface area contributed by atoms with Crippen molar-refractivity contribution in [2.45, 2.75) is 13.5 Å². The normalized spacial score (nSPS) is 10.1. The van der Waals surface area contributed by atoms with Gasteiger partial charge >= 0.3 is 0 Å². The molecule has 2 aromatic rings. The molecule has 0 aliphatic carbocycles. The zero-order valence-electron chi connectivity index (χ0n) is 10.4. The number of hydrogen-bond acceptors (Lipinski definition) is 3. The first-order valence-electron chi connectivity index (χ1n) is 5.66. The number of benzene rings is 1. The molecular formula is C14H15NO2S. The van der Waals surface area contributed by atoms with Gasteiger partial charge in [0.05, 0.1) is 13.7 Å². The number of rotatable bonds is 4. The highest BCUT2D eigenvalue weighted by Gasteiger charge is 2.06. The van der Waals surface area contributed by atoms with E-state index in [2.05, 4.69) is 18.3 Å². The lowest BCUT2D eigenvalue weighted by atomic mass is 10.2. The molecule has 0 aliphatic heterocycles. The van der Waals surface area contributed by atoms with Gasteiger partial charge in [-0.15, -0.1) is 11.3 Å². The van der Waals surface area contributed by atoms with Crippen LogP contribution < -0.4 is 10.1 Å². The minimum Gasteiger partial charge on any atom is -0.497 e. The SMILES string of the molecule is COc1cccc(C(=O)NCc2ccc(C)s2)c1. The van der Waals surface area contributed by atoms with Gasteiger partial charge in [0.2, 0.25) is 0 Å². The summed E-state index contributed by atoms with van der Waals surface area (Å²) in [5.74, 6) is 0.606. The van der Waals surface area contributed by atoms with E-state index in [4.69, 9.17) is 4.74 Å². The number of methoxy groups -OCH3 is 1. The van der Waals surface area contributed by atoms with Gasteiger partial charge in [0, 0.05) is 15.3 Å². The van der Waals surface area contributed by atoms with E-state index in [-0.39, 0.29) is 5.91 Å². The molecule has 0 saturated carbocycles. The van der Waals surface area contributed by atoms with Crippen LogP contribution in [-0.2, 0) is 6.54 Å². The first-order chi connectivity index (χ1) is 8.69. The average molecular weight is 261 g/mol. The van der Waals surface area contributed by atoms with Gasteiger partial charge in [0.1, 0.15) is 5.75 Å². The van der Waals surface area contributed by atoms with Gasteiger partial charge in [-0.2, -0.15) is 0 Å². The summed E-state index contributed by atoms with van der Waals surface area (Å²) in [5, 5.41) is 2.90. The maximum atomic E-state index is 11.9. The molecule has 0 fully saturated rings. The van der Waals surface area contributed by atoms with E-state index >= 15 is 0 Å². The highest BCUT2D eigenvalue weighted by molar-refractivity contribution is 7.11. The van der Waals surface area contributed by atoms with Crippen molar-refractivity contribution in [2.24, 2.45) is 0 Å². The van der Waals surface area contributed by atoms with Crippen LogP contribution >= 0.6 is 11.3 Å². The van der Waals surface area contributed by atoms with Crippen LogP contribution in [0.25, 0.3) is 0 Å². The number of nitrogens with one attached hydrogen (secondary N) is 1. The van der Waals surface area contributed by atoms with Crippen LogP contribution in [0.2, 0.25) is 0 Å². The number of carbonyl (C=O) groups excluding carboxylic acids is 1. The molecule has 94 valence electrons. The maximum Gasteiger partial charge on any atom is 0.251 e. The Hall–Kier alpha value is -1.81. The average Bonchev–Trinajstić information content (AvgIpc) is 2.82. The second-order valence-corrected chi connectivity index (χ2v) is 5.30. The van der Waals surface area contributed by atoms with Crippen molar-refractivity contribution < 1.29 is 9.53 Å². The molecule has 1 heterocycles. The molecule has 2 rings (SSSR count). The van der Waals surface area contributed by atoms with Gasteiger partial charge in [-0.1, -0.05) is 6.07 Å². The lowest BCUT2D eigenvalue weighted by Crippen LogP contribution is -2.22. The summed E-state index contributed by atoms with van der Waals surface area (Å²) in [6.07, 6.45) is 0. The predicted octanol–water partition coefficient (Wildman–Crippen LogP) is 3.00. The molecule has 4 heteroatoms. The van der Waals surface area contributed by atoms with Crippen molar-refractivity contribution in [3.63, 3.8) is 0 Å². The van der Waals surface area contributed by atoms with Gasteiger partial charge in [0.15, 0.2) is 0 Å². The second-order valence-electron chi connectivity index (χ2n) is 3.93. The van der Waals surface area contributed by atoms with Gasteiger partial charge in [-0.25, -0.2) is 0 Å². The molecular weight excluding hydrogens is 246 g/mol. The molecule has 3 nitrogen and oxygen atoms in total. The second kappa shape index (κ2) is 5.69. The van der Waals surface area contributed by atoms with Gasteiger partial charge in [-0.05, 0) is 37.3 Å². The minimum absolute atomic E-state index is 0.0834. The van der Waals surface area contributed by atoms with E-state index in [1.165, 1.54) is 4.88 Å². The van der Waals surface area contributed by atoms with Crippen LogP contribution in [0.1, 0.15) is 20.1 Å². The number of thiophene rings is 1. The molecule has 0 radical (unpaired) electrons. The fraction of sp³-hybridized carbons (Fsp3) is 0.214. The van der Waals surface area contributed by atoms with Crippen LogP contribution in [0, 0.1) is 6.92 Å². The largest absolute Gasteiger partial charge is 0.497 e. The molecule has 0 aliphatic rings. The zero-order valence-corrected chi connectivity index (χ0v) is 11.2. The molecule has 1 aromatic heterocycles. The molecule has 1 aromatic carbocycles. The summed E-state index contributed by atoms with van der Waals surface area (Å²) < 4.78 is 5.09. The molecule has 18 heavy (non-hydrogen) atoms. The van der Waals surface area contributed by atoms with Crippen molar-refractivity contribution in [3.05, 3.63) is 51.7 Å². The molecule has 0 saturated heterocycles. The monoisotopic (exact) mass is 261 g/mol. The Balaban J connectivity index is 1.99. The zero-order chi connectivity index (χ0) is 13.0. The third-order valence-electron chi connectivity index (χ3n) is 2.55. The summed E-state index contributed by atoms with van der Waals surface area (Å²) in [6.45, 7) is 2.62. The van der Waals surface area contributed by atoms with Crippen LogP contribution in [0.3, 0.4) is 0 Å². The van der Waals surface area contributed by atoms with Gasteiger partial charge in [-0.3, -0.25) is 4.79 Å². The van der Waals surface area contributed by atoms with E-state index < -0.39 is 0 Å². The first kappa shape index (κ1) is 12.6. The Morgan fingerprint density at radius 1 is 1.33 bits per heavy atom. The van der Waals surface area contributed by atoms with Crippen molar-refractivity contribution in [1.29, 1.82) is 0 Å². The summed E-state index contributed by atoms with van der Waals surface area (Å²) in [6, 6.07) is 11.2. The van der Waals surface area contributed by atoms with E-state index in [1.54, 1.807) is 30.6 Å². The fourth-order valence-electron chi connectivity index (χ4n) is 1.61.